The number of aliphatic hydroxyl groups is 1. The molecule has 1 aliphatic heterocycles. The van der Waals surface area contributed by atoms with Crippen LogP contribution in [-0.2, 0) is 5.60 Å². The van der Waals surface area contributed by atoms with Gasteiger partial charge in [-0.1, -0.05) is 17.7 Å². The average Bonchev–Trinajstić information content (AvgIpc) is 3.13. The van der Waals surface area contributed by atoms with E-state index in [2.05, 4.69) is 27.8 Å². The van der Waals surface area contributed by atoms with E-state index in [1.165, 1.54) is 12.8 Å². The van der Waals surface area contributed by atoms with E-state index in [0.29, 0.717) is 29.0 Å². The van der Waals surface area contributed by atoms with E-state index in [4.69, 9.17) is 11.6 Å². The Hall–Kier alpha value is -0.160. The molecule has 1 aromatic rings. The van der Waals surface area contributed by atoms with Crippen LogP contribution in [-0.4, -0.2) is 28.6 Å². The maximum absolute atomic E-state index is 14.3. The molecular weight excluding hydrogens is 333 g/mol. The van der Waals surface area contributed by atoms with Crippen LogP contribution in [0.1, 0.15) is 31.7 Å². The molecular formula is C14H16BrClFNO. The lowest BCUT2D eigenvalue weighted by Gasteiger charge is -2.25. The molecule has 0 amide bonds. The zero-order valence-corrected chi connectivity index (χ0v) is 13.0. The minimum absolute atomic E-state index is 0.0449. The van der Waals surface area contributed by atoms with Crippen molar-refractivity contribution in [1.29, 1.82) is 0 Å². The van der Waals surface area contributed by atoms with Crippen LogP contribution in [0.3, 0.4) is 0 Å². The molecule has 1 saturated carbocycles. The summed E-state index contributed by atoms with van der Waals surface area (Å²) in [5, 5.41) is 10.9. The lowest BCUT2D eigenvalue weighted by molar-refractivity contribution is 0.0416. The normalized spacial score (nSPS) is 31.9. The van der Waals surface area contributed by atoms with Crippen molar-refractivity contribution < 1.29 is 9.50 Å². The molecule has 0 spiro atoms. The van der Waals surface area contributed by atoms with Gasteiger partial charge in [-0.25, -0.2) is 4.39 Å². The van der Waals surface area contributed by atoms with Gasteiger partial charge in [0.2, 0.25) is 0 Å². The second-order valence-corrected chi connectivity index (χ2v) is 6.94. The van der Waals surface area contributed by atoms with E-state index in [9.17, 15) is 9.50 Å². The third-order valence-electron chi connectivity index (χ3n) is 4.20. The fourth-order valence-corrected chi connectivity index (χ4v) is 3.57. The van der Waals surface area contributed by atoms with Gasteiger partial charge in [0.25, 0.3) is 0 Å². The van der Waals surface area contributed by atoms with Gasteiger partial charge in [0, 0.05) is 28.7 Å². The molecule has 3 rings (SSSR count). The minimum atomic E-state index is -1.13. The molecule has 1 aromatic carbocycles. The van der Waals surface area contributed by atoms with Crippen molar-refractivity contribution in [1.82, 2.24) is 4.90 Å². The first kappa shape index (κ1) is 13.8. The van der Waals surface area contributed by atoms with Crippen molar-refractivity contribution in [2.24, 2.45) is 0 Å². The molecule has 2 atom stereocenters. The Balaban J connectivity index is 1.95. The molecule has 104 valence electrons. The van der Waals surface area contributed by atoms with Gasteiger partial charge in [-0.3, -0.25) is 4.90 Å². The lowest BCUT2D eigenvalue weighted by Crippen LogP contribution is -2.33. The Kier molecular flexibility index (Phi) is 3.41. The number of hydrogen-bond acceptors (Lipinski definition) is 2. The first-order chi connectivity index (χ1) is 8.92. The second-order valence-electron chi connectivity index (χ2n) is 5.71. The summed E-state index contributed by atoms with van der Waals surface area (Å²) in [7, 11) is 0. The summed E-state index contributed by atoms with van der Waals surface area (Å²) in [6.45, 7) is 2.59. The third kappa shape index (κ3) is 2.33. The smallest absolute Gasteiger partial charge is 0.149 e. The highest BCUT2D eigenvalue weighted by Gasteiger charge is 2.48. The van der Waals surface area contributed by atoms with Gasteiger partial charge < -0.3 is 5.11 Å². The van der Waals surface area contributed by atoms with Crippen LogP contribution in [0.15, 0.2) is 16.6 Å². The van der Waals surface area contributed by atoms with Crippen molar-refractivity contribution in [2.75, 3.05) is 6.54 Å². The molecule has 2 unspecified atom stereocenters. The zero-order valence-electron chi connectivity index (χ0n) is 10.7. The molecule has 2 aliphatic rings. The van der Waals surface area contributed by atoms with Gasteiger partial charge in [-0.05, 0) is 48.2 Å². The maximum atomic E-state index is 14.3. The largest absolute Gasteiger partial charge is 0.384 e. The molecule has 0 radical (unpaired) electrons. The molecule has 1 aliphatic carbocycles. The SMILES string of the molecule is CC1CC(O)(c2ccc(Br)c(Cl)c2F)CN1C1CC1. The quantitative estimate of drug-likeness (QED) is 0.824. The number of nitrogens with zero attached hydrogens (tertiary/aromatic N) is 1. The Morgan fingerprint density at radius 2 is 2.16 bits per heavy atom. The van der Waals surface area contributed by atoms with Crippen molar-refractivity contribution in [3.8, 4) is 0 Å². The Morgan fingerprint density at radius 3 is 2.79 bits per heavy atom. The van der Waals surface area contributed by atoms with Crippen molar-refractivity contribution in [3.05, 3.63) is 33.0 Å². The average molecular weight is 349 g/mol. The first-order valence-corrected chi connectivity index (χ1v) is 7.71. The Morgan fingerprint density at radius 1 is 1.47 bits per heavy atom. The van der Waals surface area contributed by atoms with Gasteiger partial charge in [0.1, 0.15) is 11.4 Å². The van der Waals surface area contributed by atoms with Crippen LogP contribution < -0.4 is 0 Å². The summed E-state index contributed by atoms with van der Waals surface area (Å²) >= 11 is 9.12. The van der Waals surface area contributed by atoms with E-state index in [1.54, 1.807) is 12.1 Å². The van der Waals surface area contributed by atoms with E-state index in [-0.39, 0.29) is 11.1 Å². The Bertz CT molecular complexity index is 522. The molecule has 1 N–H and O–H groups in total. The molecule has 2 nitrogen and oxygen atoms in total. The summed E-state index contributed by atoms with van der Waals surface area (Å²) in [5.41, 5.74) is -0.813. The predicted octanol–water partition coefficient (Wildman–Crippen LogP) is 3.69. The van der Waals surface area contributed by atoms with Gasteiger partial charge in [0.15, 0.2) is 0 Å². The van der Waals surface area contributed by atoms with Gasteiger partial charge in [-0.15, -0.1) is 0 Å². The third-order valence-corrected chi connectivity index (χ3v) is 5.45. The molecule has 19 heavy (non-hydrogen) atoms. The fraction of sp³-hybridized carbons (Fsp3) is 0.571. The first-order valence-electron chi connectivity index (χ1n) is 6.54. The summed E-state index contributed by atoms with van der Waals surface area (Å²) in [6.07, 6.45) is 2.92. The number of likely N-dealkylation sites (tertiary alicyclic amines) is 1. The van der Waals surface area contributed by atoms with E-state index >= 15 is 0 Å². The monoisotopic (exact) mass is 347 g/mol. The number of hydrogen-bond donors (Lipinski definition) is 1. The number of halogens is 3. The molecule has 5 heteroatoms. The Labute approximate surface area is 125 Å². The number of β-amino-alcohol motifs (C(OH)–C–C–N with tert-alkyl or cyclic N) is 1. The van der Waals surface area contributed by atoms with Crippen LogP contribution in [0.5, 0.6) is 0 Å². The molecule has 1 heterocycles. The molecule has 0 bridgehead atoms. The second kappa shape index (κ2) is 4.69. The van der Waals surface area contributed by atoms with Crippen LogP contribution in [0.25, 0.3) is 0 Å². The highest BCUT2D eigenvalue weighted by atomic mass is 79.9. The lowest BCUT2D eigenvalue weighted by atomic mass is 9.91. The van der Waals surface area contributed by atoms with Crippen molar-refractivity contribution in [2.45, 2.75) is 43.9 Å². The minimum Gasteiger partial charge on any atom is -0.384 e. The van der Waals surface area contributed by atoms with Crippen molar-refractivity contribution in [3.63, 3.8) is 0 Å². The van der Waals surface area contributed by atoms with Gasteiger partial charge >= 0.3 is 0 Å². The van der Waals surface area contributed by atoms with Crippen LogP contribution in [0.4, 0.5) is 4.39 Å². The van der Waals surface area contributed by atoms with Crippen molar-refractivity contribution >= 4 is 27.5 Å². The van der Waals surface area contributed by atoms with Crippen LogP contribution in [0.2, 0.25) is 5.02 Å². The van der Waals surface area contributed by atoms with Crippen LogP contribution in [0, 0.1) is 5.82 Å². The zero-order chi connectivity index (χ0) is 13.8. The van der Waals surface area contributed by atoms with E-state index in [1.807, 2.05) is 0 Å². The summed E-state index contributed by atoms with van der Waals surface area (Å²) in [4.78, 5) is 2.29. The van der Waals surface area contributed by atoms with Gasteiger partial charge in [-0.2, -0.15) is 0 Å². The summed E-state index contributed by atoms with van der Waals surface area (Å²) < 4.78 is 14.8. The number of benzene rings is 1. The van der Waals surface area contributed by atoms with E-state index < -0.39 is 11.4 Å². The highest BCUT2D eigenvalue weighted by molar-refractivity contribution is 9.10. The molecule has 0 aromatic heterocycles. The van der Waals surface area contributed by atoms with Crippen LogP contribution >= 0.6 is 27.5 Å². The topological polar surface area (TPSA) is 23.5 Å². The van der Waals surface area contributed by atoms with E-state index in [0.717, 1.165) is 0 Å². The molecule has 1 saturated heterocycles. The predicted molar refractivity (Wildman–Crippen MR) is 76.8 cm³/mol. The maximum Gasteiger partial charge on any atom is 0.149 e. The van der Waals surface area contributed by atoms with Gasteiger partial charge in [0.05, 0.1) is 5.02 Å². The highest BCUT2D eigenvalue weighted by Crippen LogP contribution is 2.43. The summed E-state index contributed by atoms with van der Waals surface area (Å²) in [5.74, 6) is -0.511. The number of rotatable bonds is 2. The fourth-order valence-electron chi connectivity index (χ4n) is 3.10. The molecule has 2 fully saturated rings. The standard InChI is InChI=1S/C14H16BrClFNO/c1-8-6-14(19,7-18(8)9-2-3-9)10-4-5-11(15)12(16)13(10)17/h4-5,8-9,19H,2-3,6-7H2,1H3. The summed E-state index contributed by atoms with van der Waals surface area (Å²) in [6, 6.07) is 4.18.